The topological polar surface area (TPSA) is 38.3 Å². The minimum absolute atomic E-state index is 0.0145. The maximum atomic E-state index is 14.5. The number of halogens is 3. The molecule has 0 aliphatic carbocycles. The van der Waals surface area contributed by atoms with E-state index in [1.807, 2.05) is 24.3 Å². The normalized spacial score (nSPS) is 10.7. The second-order valence-electron chi connectivity index (χ2n) is 7.67. The maximum absolute atomic E-state index is 14.5. The number of rotatable bonds is 8. The van der Waals surface area contributed by atoms with Crippen LogP contribution in [0.3, 0.4) is 0 Å². The molecule has 0 saturated carbocycles. The van der Waals surface area contributed by atoms with Crippen molar-refractivity contribution in [2.75, 3.05) is 11.1 Å². The molecule has 178 valence electrons. The summed E-state index contributed by atoms with van der Waals surface area (Å²) in [5, 5.41) is 2.81. The summed E-state index contributed by atoms with van der Waals surface area (Å²) in [7, 11) is 0. The van der Waals surface area contributed by atoms with Crippen molar-refractivity contribution < 1.29 is 22.7 Å². The smallest absolute Gasteiger partial charge is 0.228 e. The van der Waals surface area contributed by atoms with Crippen LogP contribution in [0.4, 0.5) is 18.9 Å². The van der Waals surface area contributed by atoms with Gasteiger partial charge in [0.05, 0.1) is 6.42 Å². The van der Waals surface area contributed by atoms with Gasteiger partial charge in [-0.15, -0.1) is 11.8 Å². The van der Waals surface area contributed by atoms with Crippen molar-refractivity contribution in [1.29, 1.82) is 0 Å². The first-order chi connectivity index (χ1) is 16.9. The highest BCUT2D eigenvalue weighted by molar-refractivity contribution is 7.99. The van der Waals surface area contributed by atoms with Crippen molar-refractivity contribution in [1.82, 2.24) is 0 Å². The monoisotopic (exact) mass is 493 g/mol. The number of benzene rings is 4. The second-order valence-corrected chi connectivity index (χ2v) is 9.01. The van der Waals surface area contributed by atoms with Gasteiger partial charge in [0.1, 0.15) is 17.3 Å². The molecule has 7 heteroatoms. The van der Waals surface area contributed by atoms with E-state index in [4.69, 9.17) is 4.74 Å². The Kier molecular flexibility index (Phi) is 7.77. The number of ether oxygens (including phenoxy) is 1. The average Bonchev–Trinajstić information content (AvgIpc) is 2.83. The summed E-state index contributed by atoms with van der Waals surface area (Å²) in [6, 6.07) is 21.7. The largest absolute Gasteiger partial charge is 0.457 e. The van der Waals surface area contributed by atoms with Gasteiger partial charge in [0.2, 0.25) is 5.91 Å². The summed E-state index contributed by atoms with van der Waals surface area (Å²) >= 11 is 1.72. The van der Waals surface area contributed by atoms with E-state index >= 15 is 0 Å². The standard InChI is InChI=1S/C28H22F3NO2S/c1-2-35-22-12-9-18(10-13-22)15-27(33)32-20-11-14-23(24-7-4-8-25(30)28(24)31)26(17-20)34-21-6-3-5-19(29)16-21/h3-14,16-17H,2,15H2,1H3,(H,32,33). The quantitative estimate of drug-likeness (QED) is 0.254. The predicted molar refractivity (Wildman–Crippen MR) is 133 cm³/mol. The lowest BCUT2D eigenvalue weighted by Crippen LogP contribution is -2.14. The number of hydrogen-bond donors (Lipinski definition) is 1. The number of hydrogen-bond acceptors (Lipinski definition) is 3. The summed E-state index contributed by atoms with van der Waals surface area (Å²) in [4.78, 5) is 13.8. The van der Waals surface area contributed by atoms with Crippen LogP contribution < -0.4 is 10.1 Å². The molecular weight excluding hydrogens is 471 g/mol. The van der Waals surface area contributed by atoms with Gasteiger partial charge in [-0.25, -0.2) is 13.2 Å². The van der Waals surface area contributed by atoms with E-state index in [0.717, 1.165) is 22.3 Å². The van der Waals surface area contributed by atoms with Crippen molar-refractivity contribution in [2.24, 2.45) is 0 Å². The zero-order chi connectivity index (χ0) is 24.8. The maximum Gasteiger partial charge on any atom is 0.228 e. The molecule has 0 saturated heterocycles. The minimum atomic E-state index is -1.03. The van der Waals surface area contributed by atoms with Gasteiger partial charge in [-0.2, -0.15) is 0 Å². The van der Waals surface area contributed by atoms with Crippen LogP contribution in [0.25, 0.3) is 11.1 Å². The molecule has 0 unspecified atom stereocenters. The van der Waals surface area contributed by atoms with Crippen LogP contribution >= 0.6 is 11.8 Å². The van der Waals surface area contributed by atoms with E-state index < -0.39 is 17.5 Å². The molecule has 0 fully saturated rings. The van der Waals surface area contributed by atoms with Crippen LogP contribution in [0.5, 0.6) is 11.5 Å². The first-order valence-electron chi connectivity index (χ1n) is 11.0. The average molecular weight is 494 g/mol. The van der Waals surface area contributed by atoms with Crippen molar-refractivity contribution in [3.8, 4) is 22.6 Å². The SMILES string of the molecule is CCSc1ccc(CC(=O)Nc2ccc(-c3cccc(F)c3F)c(Oc3cccc(F)c3)c2)cc1. The van der Waals surface area contributed by atoms with Gasteiger partial charge in [0.25, 0.3) is 0 Å². The van der Waals surface area contributed by atoms with Gasteiger partial charge in [0, 0.05) is 33.8 Å². The third kappa shape index (κ3) is 6.25. The third-order valence-electron chi connectivity index (χ3n) is 5.13. The van der Waals surface area contributed by atoms with Gasteiger partial charge < -0.3 is 10.1 Å². The Morgan fingerprint density at radius 2 is 1.66 bits per heavy atom. The van der Waals surface area contributed by atoms with E-state index in [9.17, 15) is 18.0 Å². The summed E-state index contributed by atoms with van der Waals surface area (Å²) in [6.07, 6.45) is 0.164. The molecule has 0 aliphatic heterocycles. The highest BCUT2D eigenvalue weighted by atomic mass is 32.2. The number of nitrogens with one attached hydrogen (secondary N) is 1. The van der Waals surface area contributed by atoms with Crippen molar-refractivity contribution in [3.63, 3.8) is 0 Å². The van der Waals surface area contributed by atoms with Crippen molar-refractivity contribution in [2.45, 2.75) is 18.2 Å². The van der Waals surface area contributed by atoms with E-state index in [1.165, 1.54) is 42.5 Å². The molecule has 1 amide bonds. The highest BCUT2D eigenvalue weighted by Gasteiger charge is 2.16. The molecule has 1 N–H and O–H groups in total. The fraction of sp³-hybridized carbons (Fsp3) is 0.107. The molecule has 0 aromatic heterocycles. The molecule has 0 atom stereocenters. The van der Waals surface area contributed by atoms with Gasteiger partial charge >= 0.3 is 0 Å². The molecule has 0 aliphatic rings. The Morgan fingerprint density at radius 3 is 2.40 bits per heavy atom. The molecule has 0 bridgehead atoms. The van der Waals surface area contributed by atoms with Crippen LogP contribution in [-0.2, 0) is 11.2 Å². The van der Waals surface area contributed by atoms with Crippen LogP contribution in [0.15, 0.2) is 89.8 Å². The van der Waals surface area contributed by atoms with Crippen LogP contribution in [0.2, 0.25) is 0 Å². The molecule has 35 heavy (non-hydrogen) atoms. The first-order valence-corrected chi connectivity index (χ1v) is 11.9. The van der Waals surface area contributed by atoms with Crippen molar-refractivity contribution in [3.05, 3.63) is 108 Å². The summed E-state index contributed by atoms with van der Waals surface area (Å²) in [5.74, 6) is -1.50. The van der Waals surface area contributed by atoms with Gasteiger partial charge in [-0.05, 0) is 53.8 Å². The van der Waals surface area contributed by atoms with Crippen LogP contribution in [-0.4, -0.2) is 11.7 Å². The molecule has 0 spiro atoms. The lowest BCUT2D eigenvalue weighted by atomic mass is 10.0. The Morgan fingerprint density at radius 1 is 0.886 bits per heavy atom. The lowest BCUT2D eigenvalue weighted by Gasteiger charge is -2.15. The van der Waals surface area contributed by atoms with Crippen LogP contribution in [0, 0.1) is 17.5 Å². The van der Waals surface area contributed by atoms with E-state index in [2.05, 4.69) is 12.2 Å². The molecule has 4 rings (SSSR count). The molecule has 4 aromatic rings. The van der Waals surface area contributed by atoms with E-state index in [0.29, 0.717) is 5.69 Å². The zero-order valence-electron chi connectivity index (χ0n) is 18.9. The van der Waals surface area contributed by atoms with Gasteiger partial charge in [-0.1, -0.05) is 37.3 Å². The Hall–Kier alpha value is -3.71. The number of anilines is 1. The molecular formula is C28H22F3NO2S. The number of amides is 1. The number of thioether (sulfide) groups is 1. The Bertz CT molecular complexity index is 1340. The van der Waals surface area contributed by atoms with Gasteiger partial charge in [-0.3, -0.25) is 4.79 Å². The highest BCUT2D eigenvalue weighted by Crippen LogP contribution is 2.37. The summed E-state index contributed by atoms with van der Waals surface area (Å²) in [5.41, 5.74) is 1.50. The molecule has 0 heterocycles. The molecule has 3 nitrogen and oxygen atoms in total. The number of carbonyl (C=O) groups excluding carboxylic acids is 1. The molecule has 0 radical (unpaired) electrons. The summed E-state index contributed by atoms with van der Waals surface area (Å²) < 4.78 is 47.9. The second kappa shape index (κ2) is 11.1. The minimum Gasteiger partial charge on any atom is -0.457 e. The fourth-order valence-corrected chi connectivity index (χ4v) is 4.20. The summed E-state index contributed by atoms with van der Waals surface area (Å²) in [6.45, 7) is 2.08. The third-order valence-corrected chi connectivity index (χ3v) is 6.02. The zero-order valence-corrected chi connectivity index (χ0v) is 19.7. The molecule has 4 aromatic carbocycles. The fourth-order valence-electron chi connectivity index (χ4n) is 3.54. The van der Waals surface area contributed by atoms with Crippen molar-refractivity contribution >= 4 is 23.4 Å². The Balaban J connectivity index is 1.60. The van der Waals surface area contributed by atoms with Gasteiger partial charge in [0.15, 0.2) is 11.6 Å². The van der Waals surface area contributed by atoms with E-state index in [-0.39, 0.29) is 35.0 Å². The Labute approximate surface area is 206 Å². The first kappa shape index (κ1) is 24.4. The van der Waals surface area contributed by atoms with E-state index in [1.54, 1.807) is 23.9 Å². The predicted octanol–water partition coefficient (Wildman–Crippen LogP) is 7.86. The van der Waals surface area contributed by atoms with Crippen LogP contribution in [0.1, 0.15) is 12.5 Å². The number of carbonyl (C=O) groups is 1. The lowest BCUT2D eigenvalue weighted by molar-refractivity contribution is -0.115.